The molecule has 1 aromatic heterocycles. The number of nitro groups is 1. The van der Waals surface area contributed by atoms with Crippen LogP contribution in [0.25, 0.3) is 10.9 Å². The number of aromatic nitrogens is 1. The highest BCUT2D eigenvalue weighted by molar-refractivity contribution is 5.88. The Morgan fingerprint density at radius 3 is 2.86 bits per heavy atom. The Morgan fingerprint density at radius 2 is 2.23 bits per heavy atom. The third kappa shape index (κ3) is 2.84. The Bertz CT molecular complexity index is 778. The molecule has 0 aliphatic heterocycles. The summed E-state index contributed by atoms with van der Waals surface area (Å²) in [6.45, 7) is 0.904. The zero-order valence-electron chi connectivity index (χ0n) is 12.3. The van der Waals surface area contributed by atoms with Crippen LogP contribution < -0.4 is 4.90 Å². The summed E-state index contributed by atoms with van der Waals surface area (Å²) in [6, 6.07) is 8.26. The van der Waals surface area contributed by atoms with Gasteiger partial charge < -0.3 is 4.90 Å². The van der Waals surface area contributed by atoms with Crippen LogP contribution in [0.4, 0.5) is 11.5 Å². The number of nitrogens with zero attached hydrogens (tertiary/aromatic N) is 4. The van der Waals surface area contributed by atoms with Crippen LogP contribution in [0.2, 0.25) is 0 Å². The normalized spacial score (nSPS) is 13.8. The van der Waals surface area contributed by atoms with Gasteiger partial charge in [-0.3, -0.25) is 10.1 Å². The van der Waals surface area contributed by atoms with Crippen molar-refractivity contribution in [3.05, 3.63) is 39.9 Å². The minimum absolute atomic E-state index is 0.0272. The summed E-state index contributed by atoms with van der Waals surface area (Å²) >= 11 is 0. The molecule has 2 aromatic rings. The molecule has 0 amide bonds. The van der Waals surface area contributed by atoms with E-state index in [0.717, 1.165) is 24.7 Å². The molecule has 112 valence electrons. The van der Waals surface area contributed by atoms with Gasteiger partial charge in [0.1, 0.15) is 5.82 Å². The zero-order chi connectivity index (χ0) is 15.7. The van der Waals surface area contributed by atoms with Crippen molar-refractivity contribution in [1.82, 2.24) is 4.98 Å². The first-order valence-electron chi connectivity index (χ1n) is 7.29. The average molecular weight is 296 g/mol. The lowest BCUT2D eigenvalue weighted by atomic mass is 10.1. The molecule has 22 heavy (non-hydrogen) atoms. The van der Waals surface area contributed by atoms with E-state index in [1.54, 1.807) is 12.1 Å². The minimum atomic E-state index is -0.462. The Morgan fingerprint density at radius 1 is 1.45 bits per heavy atom. The minimum Gasteiger partial charge on any atom is -0.360 e. The molecule has 0 spiro atoms. The largest absolute Gasteiger partial charge is 0.360 e. The van der Waals surface area contributed by atoms with Gasteiger partial charge in [0.05, 0.1) is 22.1 Å². The number of anilines is 1. The van der Waals surface area contributed by atoms with Crippen LogP contribution in [0, 0.1) is 27.4 Å². The van der Waals surface area contributed by atoms with E-state index in [0.29, 0.717) is 16.5 Å². The van der Waals surface area contributed by atoms with Crippen molar-refractivity contribution in [2.24, 2.45) is 5.92 Å². The molecule has 0 bridgehead atoms. The van der Waals surface area contributed by atoms with E-state index in [1.807, 2.05) is 11.9 Å². The molecule has 0 radical (unpaired) electrons. The quantitative estimate of drug-likeness (QED) is 0.624. The summed E-state index contributed by atoms with van der Waals surface area (Å²) in [5.41, 5.74) is 1.00. The van der Waals surface area contributed by atoms with Crippen molar-refractivity contribution in [2.75, 3.05) is 18.5 Å². The van der Waals surface area contributed by atoms with E-state index in [-0.39, 0.29) is 5.69 Å². The molecule has 6 heteroatoms. The topological polar surface area (TPSA) is 83.1 Å². The monoisotopic (exact) mass is 296 g/mol. The fourth-order valence-electron chi connectivity index (χ4n) is 2.50. The second-order valence-corrected chi connectivity index (χ2v) is 5.75. The summed E-state index contributed by atoms with van der Waals surface area (Å²) in [6.07, 6.45) is 3.76. The van der Waals surface area contributed by atoms with Gasteiger partial charge in [-0.15, -0.1) is 0 Å². The highest BCUT2D eigenvalue weighted by atomic mass is 16.6. The van der Waals surface area contributed by atoms with Crippen LogP contribution in [0.5, 0.6) is 0 Å². The molecule has 1 aliphatic rings. The van der Waals surface area contributed by atoms with Crippen molar-refractivity contribution in [1.29, 1.82) is 5.26 Å². The molecule has 1 fully saturated rings. The lowest BCUT2D eigenvalue weighted by Crippen LogP contribution is -2.20. The van der Waals surface area contributed by atoms with Gasteiger partial charge in [0.25, 0.3) is 5.69 Å². The number of hydrogen-bond donors (Lipinski definition) is 0. The number of fused-ring (bicyclic) bond motifs is 1. The molecule has 0 unspecified atom stereocenters. The Labute approximate surface area is 128 Å². The number of pyridine rings is 1. The van der Waals surface area contributed by atoms with Crippen molar-refractivity contribution in [2.45, 2.75) is 19.3 Å². The van der Waals surface area contributed by atoms with E-state index in [2.05, 4.69) is 11.1 Å². The van der Waals surface area contributed by atoms with E-state index >= 15 is 0 Å². The molecular formula is C16H16N4O2. The molecule has 0 atom stereocenters. The molecule has 1 saturated carbocycles. The number of rotatable bonds is 5. The van der Waals surface area contributed by atoms with Crippen molar-refractivity contribution in [3.63, 3.8) is 0 Å². The average Bonchev–Trinajstić information content (AvgIpc) is 3.35. The van der Waals surface area contributed by atoms with Crippen molar-refractivity contribution < 1.29 is 4.92 Å². The number of nitriles is 1. The van der Waals surface area contributed by atoms with E-state index in [1.165, 1.54) is 25.0 Å². The van der Waals surface area contributed by atoms with Gasteiger partial charge in [-0.25, -0.2) is 4.98 Å². The van der Waals surface area contributed by atoms with Crippen LogP contribution in [0.1, 0.15) is 24.8 Å². The summed E-state index contributed by atoms with van der Waals surface area (Å²) in [7, 11) is 1.96. The van der Waals surface area contributed by atoms with Gasteiger partial charge in [-0.2, -0.15) is 5.26 Å². The third-order valence-electron chi connectivity index (χ3n) is 4.07. The highest BCUT2D eigenvalue weighted by Gasteiger charge is 2.21. The first-order valence-corrected chi connectivity index (χ1v) is 7.29. The van der Waals surface area contributed by atoms with E-state index in [4.69, 9.17) is 0 Å². The molecule has 6 nitrogen and oxygen atoms in total. The SMILES string of the molecule is CN(CCC1CC1)c1cc(C#N)c2cc([N+](=O)[O-])ccc2n1. The fourth-order valence-corrected chi connectivity index (χ4v) is 2.50. The maximum atomic E-state index is 10.9. The summed E-state index contributed by atoms with van der Waals surface area (Å²) in [4.78, 5) is 17.0. The van der Waals surface area contributed by atoms with Gasteiger partial charge in [0.2, 0.25) is 0 Å². The lowest BCUT2D eigenvalue weighted by Gasteiger charge is -2.18. The first-order chi connectivity index (χ1) is 10.6. The summed E-state index contributed by atoms with van der Waals surface area (Å²) in [5.74, 6) is 1.57. The van der Waals surface area contributed by atoms with Crippen LogP contribution in [0.3, 0.4) is 0 Å². The Hall–Kier alpha value is -2.68. The smallest absolute Gasteiger partial charge is 0.270 e. The number of nitro benzene ring substituents is 1. The first kappa shape index (κ1) is 14.3. The van der Waals surface area contributed by atoms with Gasteiger partial charge >= 0.3 is 0 Å². The number of non-ortho nitro benzene ring substituents is 1. The van der Waals surface area contributed by atoms with Crippen molar-refractivity contribution >= 4 is 22.4 Å². The maximum Gasteiger partial charge on any atom is 0.270 e. The van der Waals surface area contributed by atoms with Crippen LogP contribution in [-0.2, 0) is 0 Å². The molecule has 1 aromatic carbocycles. The van der Waals surface area contributed by atoms with Gasteiger partial charge in [-0.05, 0) is 24.5 Å². The number of hydrogen-bond acceptors (Lipinski definition) is 5. The van der Waals surface area contributed by atoms with E-state index in [9.17, 15) is 15.4 Å². The molecular weight excluding hydrogens is 280 g/mol. The predicted octanol–water partition coefficient (Wildman–Crippen LogP) is 3.25. The van der Waals surface area contributed by atoms with Gasteiger partial charge in [-0.1, -0.05) is 12.8 Å². The molecule has 1 heterocycles. The van der Waals surface area contributed by atoms with E-state index < -0.39 is 4.92 Å². The van der Waals surface area contributed by atoms with Crippen molar-refractivity contribution in [3.8, 4) is 6.07 Å². The second kappa shape index (κ2) is 5.60. The highest BCUT2D eigenvalue weighted by Crippen LogP contribution is 2.33. The fraction of sp³-hybridized carbons (Fsp3) is 0.375. The van der Waals surface area contributed by atoms with Crippen LogP contribution in [0.15, 0.2) is 24.3 Å². The molecule has 0 N–H and O–H groups in total. The molecule has 0 saturated heterocycles. The number of benzene rings is 1. The molecule has 3 rings (SSSR count). The van der Waals surface area contributed by atoms with Crippen LogP contribution in [-0.4, -0.2) is 23.5 Å². The van der Waals surface area contributed by atoms with Gasteiger partial charge in [0.15, 0.2) is 0 Å². The maximum absolute atomic E-state index is 10.9. The zero-order valence-corrected chi connectivity index (χ0v) is 12.3. The Kier molecular flexibility index (Phi) is 3.63. The lowest BCUT2D eigenvalue weighted by molar-refractivity contribution is -0.384. The third-order valence-corrected chi connectivity index (χ3v) is 4.07. The van der Waals surface area contributed by atoms with Gasteiger partial charge in [0, 0.05) is 31.1 Å². The molecule has 1 aliphatic carbocycles. The summed E-state index contributed by atoms with van der Waals surface area (Å²) in [5, 5.41) is 20.7. The standard InChI is InChI=1S/C16H16N4O2/c1-19(7-6-11-2-3-11)16-8-12(10-17)14-9-13(20(21)22)4-5-15(14)18-16/h4-5,8-9,11H,2-3,6-7H2,1H3. The summed E-state index contributed by atoms with van der Waals surface area (Å²) < 4.78 is 0. The van der Waals surface area contributed by atoms with Crippen LogP contribution >= 0.6 is 0 Å². The Balaban J connectivity index is 1.97. The predicted molar refractivity (Wildman–Crippen MR) is 83.7 cm³/mol. The second-order valence-electron chi connectivity index (χ2n) is 5.75.